The van der Waals surface area contributed by atoms with Gasteiger partial charge in [0.05, 0.1) is 32.3 Å². The highest BCUT2D eigenvalue weighted by Crippen LogP contribution is 2.43. The number of nitrogens with zero attached hydrogens (tertiary/aromatic N) is 4. The summed E-state index contributed by atoms with van der Waals surface area (Å²) in [5.41, 5.74) is 3.98. The van der Waals surface area contributed by atoms with Crippen molar-refractivity contribution in [1.82, 2.24) is 14.5 Å². The highest BCUT2D eigenvalue weighted by Gasteiger charge is 2.42. The van der Waals surface area contributed by atoms with Crippen molar-refractivity contribution in [1.29, 1.82) is 0 Å². The summed E-state index contributed by atoms with van der Waals surface area (Å²) in [6.07, 6.45) is 3.46. The zero-order valence-corrected chi connectivity index (χ0v) is 29.1. The molecule has 2 aromatic heterocycles. The summed E-state index contributed by atoms with van der Waals surface area (Å²) in [5.74, 6) is 1.96. The summed E-state index contributed by atoms with van der Waals surface area (Å²) in [7, 11) is 3.29. The molecule has 52 heavy (non-hydrogen) atoms. The number of carbonyl (C=O) groups is 1. The molecule has 3 atom stereocenters. The highest BCUT2D eigenvalue weighted by atomic mass is 16.6. The SMILES string of the molecule is COc1ccc(C(OC[C@H]2O[C@@H](n3cc4c5c(ncnc53)N(C(=O)c3ccccc3)CCC4)C[C@@H]2O)(c2ccccc2)c2ccc(OC)cc2)cc1. The van der Waals surface area contributed by atoms with Gasteiger partial charge in [-0.1, -0.05) is 72.8 Å². The molecule has 0 aliphatic carbocycles. The van der Waals surface area contributed by atoms with Gasteiger partial charge in [-0.2, -0.15) is 0 Å². The van der Waals surface area contributed by atoms with Crippen molar-refractivity contribution >= 4 is 22.8 Å². The summed E-state index contributed by atoms with van der Waals surface area (Å²) in [4.78, 5) is 24.7. The lowest BCUT2D eigenvalue weighted by Gasteiger charge is -2.37. The number of aliphatic hydroxyl groups excluding tert-OH is 1. The van der Waals surface area contributed by atoms with Crippen LogP contribution in [-0.2, 0) is 21.5 Å². The Hall–Kier alpha value is -5.55. The van der Waals surface area contributed by atoms with Crippen molar-refractivity contribution in [3.05, 3.63) is 150 Å². The van der Waals surface area contributed by atoms with Crippen LogP contribution in [0.25, 0.3) is 11.0 Å². The van der Waals surface area contributed by atoms with Crippen LogP contribution in [0.3, 0.4) is 0 Å². The van der Waals surface area contributed by atoms with Gasteiger partial charge in [-0.05, 0) is 71.5 Å². The van der Waals surface area contributed by atoms with E-state index in [2.05, 4.69) is 9.97 Å². The third-order valence-corrected chi connectivity index (χ3v) is 10.2. The average Bonchev–Trinajstić information content (AvgIpc) is 3.70. The Bertz CT molecular complexity index is 2110. The van der Waals surface area contributed by atoms with Gasteiger partial charge in [-0.3, -0.25) is 9.69 Å². The van der Waals surface area contributed by atoms with Gasteiger partial charge in [0, 0.05) is 24.7 Å². The molecule has 10 nitrogen and oxygen atoms in total. The van der Waals surface area contributed by atoms with Crippen LogP contribution in [0.1, 0.15) is 51.7 Å². The second-order valence-electron chi connectivity index (χ2n) is 13.1. The number of hydrogen-bond acceptors (Lipinski definition) is 8. The fourth-order valence-electron chi connectivity index (χ4n) is 7.54. The molecule has 2 aliphatic heterocycles. The monoisotopic (exact) mass is 696 g/mol. The molecule has 2 aliphatic rings. The van der Waals surface area contributed by atoms with Gasteiger partial charge in [0.2, 0.25) is 0 Å². The number of ether oxygens (including phenoxy) is 4. The van der Waals surface area contributed by atoms with Gasteiger partial charge in [-0.15, -0.1) is 0 Å². The minimum Gasteiger partial charge on any atom is -0.497 e. The van der Waals surface area contributed by atoms with E-state index in [0.717, 1.165) is 52.0 Å². The molecule has 1 N–H and O–H groups in total. The molecule has 1 fully saturated rings. The first-order valence-electron chi connectivity index (χ1n) is 17.5. The van der Waals surface area contributed by atoms with Gasteiger partial charge < -0.3 is 28.6 Å². The molecular formula is C42H40N4O6. The number of aromatic nitrogens is 3. The largest absolute Gasteiger partial charge is 0.497 e. The van der Waals surface area contributed by atoms with Gasteiger partial charge in [0.25, 0.3) is 5.91 Å². The normalized spacial score (nSPS) is 18.7. The van der Waals surface area contributed by atoms with E-state index in [1.54, 1.807) is 19.1 Å². The molecule has 0 saturated carbocycles. The smallest absolute Gasteiger partial charge is 0.259 e. The van der Waals surface area contributed by atoms with E-state index in [0.29, 0.717) is 30.0 Å². The molecule has 0 unspecified atom stereocenters. The molecule has 8 rings (SSSR count). The Morgan fingerprint density at radius 3 is 2.10 bits per heavy atom. The number of hydrogen-bond donors (Lipinski definition) is 1. The van der Waals surface area contributed by atoms with E-state index < -0.39 is 24.0 Å². The predicted octanol–water partition coefficient (Wildman–Crippen LogP) is 6.70. The topological polar surface area (TPSA) is 108 Å². The van der Waals surface area contributed by atoms with Crippen molar-refractivity contribution in [2.24, 2.45) is 0 Å². The maximum atomic E-state index is 13.7. The summed E-state index contributed by atoms with van der Waals surface area (Å²) >= 11 is 0. The molecule has 0 radical (unpaired) electrons. The first-order valence-corrected chi connectivity index (χ1v) is 17.5. The van der Waals surface area contributed by atoms with Crippen LogP contribution in [0.2, 0.25) is 0 Å². The molecule has 4 heterocycles. The van der Waals surface area contributed by atoms with Gasteiger partial charge in [0.15, 0.2) is 0 Å². The van der Waals surface area contributed by atoms with E-state index >= 15 is 0 Å². The highest BCUT2D eigenvalue weighted by molar-refractivity contribution is 6.10. The molecule has 264 valence electrons. The molecule has 6 aromatic rings. The molecule has 1 amide bonds. The number of carbonyl (C=O) groups excluding carboxylic acids is 1. The molecule has 0 spiro atoms. The number of amides is 1. The molecular weight excluding hydrogens is 656 g/mol. The standard InChI is InChI=1S/C42H40N4O6/c1-49-33-19-15-31(16-20-33)42(30-13-7-4-8-14-30,32-17-21-34(50-2)22-18-32)51-26-36-35(47)24-37(52-36)46-25-29-12-9-23-45(39-38(29)40(46)44-27-43-39)41(48)28-10-5-3-6-11-28/h3-8,10-11,13-22,25,27,35-37,47H,9,12,23-24,26H2,1-2H3/t35-,36+,37+/m0/s1. The van der Waals surface area contributed by atoms with Crippen molar-refractivity contribution < 1.29 is 28.8 Å². The number of rotatable bonds is 10. The lowest BCUT2D eigenvalue weighted by Crippen LogP contribution is -2.38. The zero-order valence-electron chi connectivity index (χ0n) is 29.1. The molecule has 1 saturated heterocycles. The quantitative estimate of drug-likeness (QED) is 0.158. The number of aryl methyl sites for hydroxylation is 1. The fraction of sp³-hybridized carbons (Fsp3) is 0.262. The van der Waals surface area contributed by atoms with E-state index in [-0.39, 0.29) is 12.5 Å². The molecule has 4 aromatic carbocycles. The predicted molar refractivity (Wildman–Crippen MR) is 197 cm³/mol. The van der Waals surface area contributed by atoms with Crippen molar-refractivity contribution in [2.75, 3.05) is 32.3 Å². The Balaban J connectivity index is 1.12. The van der Waals surface area contributed by atoms with Crippen LogP contribution in [0, 0.1) is 0 Å². The minimum absolute atomic E-state index is 0.0935. The maximum absolute atomic E-state index is 13.7. The lowest BCUT2D eigenvalue weighted by atomic mass is 9.80. The van der Waals surface area contributed by atoms with Crippen molar-refractivity contribution in [2.45, 2.75) is 43.3 Å². The Kier molecular flexibility index (Phi) is 9.19. The van der Waals surface area contributed by atoms with Crippen LogP contribution >= 0.6 is 0 Å². The average molecular weight is 697 g/mol. The second-order valence-corrected chi connectivity index (χ2v) is 13.1. The van der Waals surface area contributed by atoms with Crippen LogP contribution in [0.5, 0.6) is 11.5 Å². The maximum Gasteiger partial charge on any atom is 0.259 e. The first-order chi connectivity index (χ1) is 25.5. The zero-order chi connectivity index (χ0) is 35.7. The Morgan fingerprint density at radius 2 is 1.46 bits per heavy atom. The summed E-state index contributed by atoms with van der Waals surface area (Å²) in [6, 6.07) is 35.0. The number of aliphatic hydroxyl groups is 1. The third-order valence-electron chi connectivity index (χ3n) is 10.2. The van der Waals surface area contributed by atoms with Gasteiger partial charge >= 0.3 is 0 Å². The summed E-state index contributed by atoms with van der Waals surface area (Å²) in [5, 5.41) is 12.4. The number of methoxy groups -OCH3 is 2. The Labute approximate surface area is 302 Å². The summed E-state index contributed by atoms with van der Waals surface area (Å²) < 4.78 is 26.7. The first kappa shape index (κ1) is 33.6. The van der Waals surface area contributed by atoms with Gasteiger partial charge in [0.1, 0.15) is 47.2 Å². The van der Waals surface area contributed by atoms with Crippen LogP contribution in [-0.4, -0.2) is 65.1 Å². The van der Waals surface area contributed by atoms with E-state index in [4.69, 9.17) is 18.9 Å². The van der Waals surface area contributed by atoms with Crippen molar-refractivity contribution in [3.8, 4) is 11.5 Å². The minimum atomic E-state index is -1.05. The third kappa shape index (κ3) is 5.98. The second kappa shape index (κ2) is 14.2. The van der Waals surface area contributed by atoms with Crippen molar-refractivity contribution in [3.63, 3.8) is 0 Å². The van der Waals surface area contributed by atoms with Crippen LogP contribution in [0.4, 0.5) is 5.82 Å². The number of benzene rings is 4. The van der Waals surface area contributed by atoms with Crippen LogP contribution < -0.4 is 14.4 Å². The van der Waals surface area contributed by atoms with E-state index in [9.17, 15) is 9.90 Å². The van der Waals surface area contributed by atoms with E-state index in [1.807, 2.05) is 120 Å². The Morgan fingerprint density at radius 1 is 0.846 bits per heavy atom. The van der Waals surface area contributed by atoms with Gasteiger partial charge in [-0.25, -0.2) is 9.97 Å². The molecule has 10 heteroatoms. The summed E-state index contributed by atoms with van der Waals surface area (Å²) in [6.45, 7) is 0.647. The van der Waals surface area contributed by atoms with Crippen LogP contribution in [0.15, 0.2) is 122 Å². The fourth-order valence-corrected chi connectivity index (χ4v) is 7.54. The van der Waals surface area contributed by atoms with E-state index in [1.165, 1.54) is 6.33 Å². The number of anilines is 1. The molecule has 0 bridgehead atoms. The lowest BCUT2D eigenvalue weighted by molar-refractivity contribution is -0.0930.